The molecule has 62 valence electrons. The van der Waals surface area contributed by atoms with Crippen molar-refractivity contribution < 1.29 is 0 Å². The van der Waals surface area contributed by atoms with E-state index >= 15 is 0 Å². The van der Waals surface area contributed by atoms with Crippen LogP contribution >= 0.6 is 27.5 Å². The van der Waals surface area contributed by atoms with Crippen LogP contribution in [0, 0.1) is 11.8 Å². The van der Waals surface area contributed by atoms with E-state index in [2.05, 4.69) is 27.8 Å². The molecule has 0 aromatic heterocycles. The fourth-order valence-corrected chi connectivity index (χ4v) is 1.14. The molecule has 0 radical (unpaired) electrons. The largest absolute Gasteiger partial charge is 0.399 e. The van der Waals surface area contributed by atoms with Gasteiger partial charge in [0.25, 0.3) is 0 Å². The van der Waals surface area contributed by atoms with Gasteiger partial charge in [0.05, 0.1) is 10.4 Å². The van der Waals surface area contributed by atoms with E-state index in [1.165, 1.54) is 0 Å². The Balaban J connectivity index is 3.01. The number of benzene rings is 1. The summed E-state index contributed by atoms with van der Waals surface area (Å²) in [4.78, 5) is 0. The zero-order valence-corrected chi connectivity index (χ0v) is 8.61. The number of halogens is 2. The van der Waals surface area contributed by atoms with Crippen molar-refractivity contribution in [1.29, 1.82) is 0 Å². The average molecular weight is 245 g/mol. The maximum Gasteiger partial charge on any atom is 0.0649 e. The summed E-state index contributed by atoms with van der Waals surface area (Å²) < 4.78 is 0. The minimum atomic E-state index is 0.600. The smallest absolute Gasteiger partial charge is 0.0649 e. The maximum atomic E-state index is 5.87. The summed E-state index contributed by atoms with van der Waals surface area (Å²) in [5.41, 5.74) is 6.98. The Morgan fingerprint density at radius 2 is 2.25 bits per heavy atom. The van der Waals surface area contributed by atoms with Crippen LogP contribution in [-0.4, -0.2) is 5.33 Å². The van der Waals surface area contributed by atoms with Crippen LogP contribution in [-0.2, 0) is 0 Å². The quantitative estimate of drug-likeness (QED) is 0.424. The van der Waals surface area contributed by atoms with Gasteiger partial charge in [-0.3, -0.25) is 0 Å². The lowest BCUT2D eigenvalue weighted by Gasteiger charge is -1.96. The maximum absolute atomic E-state index is 5.87. The highest BCUT2D eigenvalue weighted by Crippen LogP contribution is 2.17. The molecule has 0 atom stereocenters. The molecule has 0 spiro atoms. The molecule has 3 heteroatoms. The van der Waals surface area contributed by atoms with Crippen molar-refractivity contribution in [2.45, 2.75) is 0 Å². The number of nitrogen functional groups attached to an aromatic ring is 1. The second kappa shape index (κ2) is 4.39. The van der Waals surface area contributed by atoms with Gasteiger partial charge in [-0.2, -0.15) is 0 Å². The van der Waals surface area contributed by atoms with Gasteiger partial charge >= 0.3 is 0 Å². The van der Waals surface area contributed by atoms with Gasteiger partial charge in [0.1, 0.15) is 0 Å². The van der Waals surface area contributed by atoms with Crippen molar-refractivity contribution in [2.75, 3.05) is 11.1 Å². The predicted molar refractivity (Wildman–Crippen MR) is 56.5 cm³/mol. The summed E-state index contributed by atoms with van der Waals surface area (Å²) in [6.45, 7) is 0. The first-order valence-corrected chi connectivity index (χ1v) is 4.84. The van der Waals surface area contributed by atoms with E-state index in [1.54, 1.807) is 12.1 Å². The van der Waals surface area contributed by atoms with Crippen LogP contribution < -0.4 is 5.73 Å². The van der Waals surface area contributed by atoms with Crippen LogP contribution in [0.2, 0.25) is 5.02 Å². The molecule has 0 saturated heterocycles. The Morgan fingerprint density at radius 3 is 2.83 bits per heavy atom. The highest BCUT2D eigenvalue weighted by molar-refractivity contribution is 9.09. The topological polar surface area (TPSA) is 26.0 Å². The summed E-state index contributed by atoms with van der Waals surface area (Å²) in [6.07, 6.45) is 0. The first-order chi connectivity index (χ1) is 5.74. The van der Waals surface area contributed by atoms with Crippen LogP contribution in [0.1, 0.15) is 5.56 Å². The first-order valence-electron chi connectivity index (χ1n) is 3.34. The molecule has 1 aromatic carbocycles. The Bertz CT molecular complexity index is 338. The monoisotopic (exact) mass is 243 g/mol. The van der Waals surface area contributed by atoms with E-state index in [4.69, 9.17) is 17.3 Å². The normalized spacial score (nSPS) is 8.83. The second-order valence-corrected chi connectivity index (χ2v) is 3.14. The summed E-state index contributed by atoms with van der Waals surface area (Å²) in [5.74, 6) is 5.77. The van der Waals surface area contributed by atoms with Gasteiger partial charge in [-0.05, 0) is 18.2 Å². The number of hydrogen-bond acceptors (Lipinski definition) is 1. The van der Waals surface area contributed by atoms with Crippen molar-refractivity contribution >= 4 is 33.2 Å². The molecular weight excluding hydrogens is 237 g/mol. The highest BCUT2D eigenvalue weighted by atomic mass is 79.9. The Hall–Kier alpha value is -0.650. The van der Waals surface area contributed by atoms with E-state index in [-0.39, 0.29) is 0 Å². The van der Waals surface area contributed by atoms with Gasteiger partial charge in [0.15, 0.2) is 0 Å². The van der Waals surface area contributed by atoms with E-state index < -0.39 is 0 Å². The molecule has 0 aliphatic carbocycles. The molecule has 0 aliphatic rings. The number of rotatable bonds is 0. The van der Waals surface area contributed by atoms with Crippen molar-refractivity contribution in [3.63, 3.8) is 0 Å². The molecule has 12 heavy (non-hydrogen) atoms. The van der Waals surface area contributed by atoms with Gasteiger partial charge in [0.2, 0.25) is 0 Å². The zero-order valence-electron chi connectivity index (χ0n) is 6.27. The molecular formula is C9H7BrClN. The molecule has 0 bridgehead atoms. The van der Waals surface area contributed by atoms with Crippen molar-refractivity contribution in [3.8, 4) is 11.8 Å². The third-order valence-electron chi connectivity index (χ3n) is 1.28. The lowest BCUT2D eigenvalue weighted by Crippen LogP contribution is -1.85. The van der Waals surface area contributed by atoms with Gasteiger partial charge in [-0.15, -0.1) is 0 Å². The molecule has 0 saturated carbocycles. The Morgan fingerprint density at radius 1 is 1.50 bits per heavy atom. The van der Waals surface area contributed by atoms with Crippen LogP contribution in [0.4, 0.5) is 5.69 Å². The minimum Gasteiger partial charge on any atom is -0.399 e. The van der Waals surface area contributed by atoms with Gasteiger partial charge in [-0.25, -0.2) is 0 Å². The van der Waals surface area contributed by atoms with E-state index in [9.17, 15) is 0 Å². The molecule has 2 N–H and O–H groups in total. The molecule has 0 heterocycles. The second-order valence-electron chi connectivity index (χ2n) is 2.17. The fraction of sp³-hybridized carbons (Fsp3) is 0.111. The van der Waals surface area contributed by atoms with Crippen molar-refractivity contribution in [2.24, 2.45) is 0 Å². The molecule has 0 fully saturated rings. The summed E-state index contributed by atoms with van der Waals surface area (Å²) >= 11 is 9.07. The van der Waals surface area contributed by atoms with Crippen LogP contribution in [0.15, 0.2) is 18.2 Å². The van der Waals surface area contributed by atoms with Crippen LogP contribution in [0.3, 0.4) is 0 Å². The molecule has 1 nitrogen and oxygen atoms in total. The Labute approximate surface area is 85.0 Å². The van der Waals surface area contributed by atoms with Gasteiger partial charge in [0, 0.05) is 11.3 Å². The SMILES string of the molecule is Nc1ccc(C#CCBr)c(Cl)c1. The van der Waals surface area contributed by atoms with Crippen molar-refractivity contribution in [3.05, 3.63) is 28.8 Å². The van der Waals surface area contributed by atoms with Crippen molar-refractivity contribution in [1.82, 2.24) is 0 Å². The number of hydrogen-bond donors (Lipinski definition) is 1. The number of alkyl halides is 1. The van der Waals surface area contributed by atoms with Gasteiger partial charge < -0.3 is 5.73 Å². The third-order valence-corrected chi connectivity index (χ3v) is 1.88. The third kappa shape index (κ3) is 2.44. The standard InChI is InChI=1S/C9H7BrClN/c10-5-1-2-7-3-4-8(12)6-9(7)11/h3-4,6H,5,12H2. The zero-order chi connectivity index (χ0) is 8.97. The fourth-order valence-electron chi connectivity index (χ4n) is 0.761. The first kappa shape index (κ1) is 9.44. The molecule has 1 aromatic rings. The van der Waals surface area contributed by atoms with Crippen LogP contribution in [0.5, 0.6) is 0 Å². The van der Waals surface area contributed by atoms with Gasteiger partial charge in [-0.1, -0.05) is 39.4 Å². The highest BCUT2D eigenvalue weighted by Gasteiger charge is 1.95. The summed E-state index contributed by atoms with van der Waals surface area (Å²) in [6, 6.07) is 5.29. The lowest BCUT2D eigenvalue weighted by atomic mass is 10.2. The van der Waals surface area contributed by atoms with Crippen LogP contribution in [0.25, 0.3) is 0 Å². The average Bonchev–Trinajstić information content (AvgIpc) is 2.03. The predicted octanol–water partition coefficient (Wildman–Crippen LogP) is 2.67. The molecule has 0 unspecified atom stereocenters. The molecule has 1 rings (SSSR count). The minimum absolute atomic E-state index is 0.600. The summed E-state index contributed by atoms with van der Waals surface area (Å²) in [7, 11) is 0. The number of anilines is 1. The number of nitrogens with two attached hydrogens (primary N) is 1. The van der Waals surface area contributed by atoms with E-state index in [1.807, 2.05) is 6.07 Å². The molecule has 0 amide bonds. The van der Waals surface area contributed by atoms with E-state index in [0.717, 1.165) is 5.56 Å². The molecule has 0 aliphatic heterocycles. The Kier molecular flexibility index (Phi) is 3.46. The summed E-state index contributed by atoms with van der Waals surface area (Å²) in [5, 5.41) is 1.25. The lowest BCUT2D eigenvalue weighted by molar-refractivity contribution is 1.63. The van der Waals surface area contributed by atoms with E-state index in [0.29, 0.717) is 16.0 Å².